The van der Waals surface area contributed by atoms with Crippen molar-refractivity contribution < 1.29 is 4.39 Å². The number of halogens is 1. The molecule has 0 aliphatic carbocycles. The number of nitrogens with zero attached hydrogens (tertiary/aromatic N) is 3. The van der Waals surface area contributed by atoms with Gasteiger partial charge in [-0.3, -0.25) is 9.78 Å². The molecule has 0 atom stereocenters. The highest BCUT2D eigenvalue weighted by Gasteiger charge is 2.11. The zero-order valence-corrected chi connectivity index (χ0v) is 17.9. The van der Waals surface area contributed by atoms with Crippen LogP contribution in [0.5, 0.6) is 0 Å². The highest BCUT2D eigenvalue weighted by Crippen LogP contribution is 2.31. The third-order valence-corrected chi connectivity index (χ3v) is 5.61. The van der Waals surface area contributed by atoms with E-state index in [1.54, 1.807) is 16.8 Å². The van der Waals surface area contributed by atoms with Crippen molar-refractivity contribution in [3.05, 3.63) is 88.9 Å². The van der Waals surface area contributed by atoms with Gasteiger partial charge in [0.05, 0.1) is 17.2 Å². The van der Waals surface area contributed by atoms with Crippen LogP contribution in [-0.4, -0.2) is 25.0 Å². The average molecular weight is 423 g/mol. The first kappa shape index (κ1) is 19.8. The maximum atomic E-state index is 13.8. The predicted molar refractivity (Wildman–Crippen MR) is 127 cm³/mol. The summed E-state index contributed by atoms with van der Waals surface area (Å²) in [5.41, 5.74) is 6.54. The predicted octanol–water partition coefficient (Wildman–Crippen LogP) is 4.39. The van der Waals surface area contributed by atoms with E-state index in [4.69, 9.17) is 0 Å². The molecular formula is C26H22FN5. The van der Waals surface area contributed by atoms with Crippen molar-refractivity contribution in [2.75, 3.05) is 0 Å². The Bertz CT molecular complexity index is 1580. The van der Waals surface area contributed by atoms with Gasteiger partial charge in [0.1, 0.15) is 11.5 Å². The van der Waals surface area contributed by atoms with Gasteiger partial charge in [-0.25, -0.2) is 4.39 Å². The van der Waals surface area contributed by atoms with E-state index < -0.39 is 0 Å². The molecule has 2 N–H and O–H groups in total. The molecule has 0 bridgehead atoms. The lowest BCUT2D eigenvalue weighted by molar-refractivity contribution is 0.628. The second-order valence-electron chi connectivity index (χ2n) is 7.84. The van der Waals surface area contributed by atoms with Crippen LogP contribution in [-0.2, 0) is 7.05 Å². The molecule has 32 heavy (non-hydrogen) atoms. The van der Waals surface area contributed by atoms with E-state index in [0.717, 1.165) is 55.1 Å². The first-order valence-electron chi connectivity index (χ1n) is 10.3. The number of aryl methyl sites for hydroxylation is 1. The summed E-state index contributed by atoms with van der Waals surface area (Å²) in [5, 5.41) is 14.4. The third-order valence-electron chi connectivity index (χ3n) is 5.61. The van der Waals surface area contributed by atoms with E-state index >= 15 is 0 Å². The quantitative estimate of drug-likeness (QED) is 0.450. The summed E-state index contributed by atoms with van der Waals surface area (Å²) in [6.07, 6.45) is 7.81. The molecule has 158 valence electrons. The summed E-state index contributed by atoms with van der Waals surface area (Å²) in [4.78, 5) is 3.43. The zero-order chi connectivity index (χ0) is 22.2. The first-order chi connectivity index (χ1) is 15.5. The summed E-state index contributed by atoms with van der Waals surface area (Å²) < 4.78 is 15.6. The molecule has 0 amide bonds. The summed E-state index contributed by atoms with van der Waals surface area (Å²) in [6.45, 7) is 6.27. The van der Waals surface area contributed by atoms with E-state index in [1.165, 1.54) is 6.07 Å². The Labute approximate surface area is 184 Å². The van der Waals surface area contributed by atoms with Gasteiger partial charge in [-0.2, -0.15) is 10.2 Å². The maximum absolute atomic E-state index is 13.8. The van der Waals surface area contributed by atoms with E-state index in [-0.39, 0.29) is 5.82 Å². The van der Waals surface area contributed by atoms with E-state index in [9.17, 15) is 4.39 Å². The molecule has 0 radical (unpaired) electrons. The van der Waals surface area contributed by atoms with Gasteiger partial charge in [-0.15, -0.1) is 0 Å². The number of hydrogen-bond acceptors (Lipinski definition) is 2. The second kappa shape index (κ2) is 7.81. The van der Waals surface area contributed by atoms with Gasteiger partial charge in [-0.05, 0) is 54.0 Å². The Kier molecular flexibility index (Phi) is 4.82. The minimum atomic E-state index is -0.252. The fourth-order valence-corrected chi connectivity index (χ4v) is 3.86. The van der Waals surface area contributed by atoms with Gasteiger partial charge in [0, 0.05) is 34.9 Å². The van der Waals surface area contributed by atoms with Gasteiger partial charge in [0.2, 0.25) is 0 Å². The average Bonchev–Trinajstić information content (AvgIpc) is 3.50. The van der Waals surface area contributed by atoms with Crippen LogP contribution < -0.4 is 10.6 Å². The van der Waals surface area contributed by atoms with E-state index in [1.807, 2.05) is 68.8 Å². The number of benzene rings is 2. The van der Waals surface area contributed by atoms with E-state index in [2.05, 4.69) is 26.9 Å². The number of aromatic nitrogens is 5. The van der Waals surface area contributed by atoms with Crippen molar-refractivity contribution in [3.63, 3.8) is 0 Å². The van der Waals surface area contributed by atoms with E-state index in [0.29, 0.717) is 0 Å². The highest BCUT2D eigenvalue weighted by molar-refractivity contribution is 5.98. The standard InChI is InChI=1S/C26H22FN5/c1-16(19-14-28-32(3)15-19)10-11-23-17(2)26(31-30-23)25-13-22-21(8-5-9-24(22)29-25)18-6-4-7-20(27)12-18/h4-15,29-30H,2H2,1,3H3/b16-10+,23-11+. The molecule has 5 rings (SSSR count). The molecule has 2 aromatic carbocycles. The molecular weight excluding hydrogens is 401 g/mol. The molecule has 5 nitrogen and oxygen atoms in total. The van der Waals surface area contributed by atoms with Crippen molar-refractivity contribution in [2.45, 2.75) is 6.92 Å². The van der Waals surface area contributed by atoms with Crippen LogP contribution in [0.3, 0.4) is 0 Å². The van der Waals surface area contributed by atoms with Crippen molar-refractivity contribution in [2.24, 2.45) is 7.05 Å². The lowest BCUT2D eigenvalue weighted by Gasteiger charge is -2.03. The van der Waals surface area contributed by atoms with Gasteiger partial charge < -0.3 is 4.98 Å². The van der Waals surface area contributed by atoms with Crippen LogP contribution in [0.4, 0.5) is 4.39 Å². The summed E-state index contributed by atoms with van der Waals surface area (Å²) in [7, 11) is 1.90. The number of hydrogen-bond donors (Lipinski definition) is 2. The van der Waals surface area contributed by atoms with Crippen LogP contribution in [0, 0.1) is 5.82 Å². The number of nitrogens with one attached hydrogen (secondary N) is 2. The van der Waals surface area contributed by atoms with Crippen LogP contribution >= 0.6 is 0 Å². The van der Waals surface area contributed by atoms with Gasteiger partial charge >= 0.3 is 0 Å². The van der Waals surface area contributed by atoms with Gasteiger partial charge in [0.25, 0.3) is 0 Å². The molecule has 3 aromatic heterocycles. The summed E-state index contributed by atoms with van der Waals surface area (Å²) in [6, 6.07) is 14.6. The Morgan fingerprint density at radius 1 is 1.16 bits per heavy atom. The summed E-state index contributed by atoms with van der Waals surface area (Å²) in [5.74, 6) is -0.252. The van der Waals surface area contributed by atoms with Crippen LogP contribution in [0.2, 0.25) is 0 Å². The van der Waals surface area contributed by atoms with Crippen molar-refractivity contribution in [1.29, 1.82) is 0 Å². The van der Waals surface area contributed by atoms with Crippen LogP contribution in [0.15, 0.2) is 67.0 Å². The smallest absolute Gasteiger partial charge is 0.123 e. The number of fused-ring (bicyclic) bond motifs is 1. The monoisotopic (exact) mass is 423 g/mol. The molecule has 0 unspecified atom stereocenters. The van der Waals surface area contributed by atoms with Crippen LogP contribution in [0.25, 0.3) is 51.6 Å². The Morgan fingerprint density at radius 2 is 2.00 bits per heavy atom. The Hall–Kier alpha value is -4.19. The number of aromatic amines is 2. The fraction of sp³-hybridized carbons (Fsp3) is 0.0769. The lowest BCUT2D eigenvalue weighted by Crippen LogP contribution is -2.21. The second-order valence-corrected chi connectivity index (χ2v) is 7.84. The first-order valence-corrected chi connectivity index (χ1v) is 10.3. The molecule has 5 aromatic rings. The maximum Gasteiger partial charge on any atom is 0.123 e. The Balaban J connectivity index is 1.55. The minimum absolute atomic E-state index is 0.252. The molecule has 6 heteroatoms. The third kappa shape index (κ3) is 3.56. The minimum Gasteiger partial charge on any atom is -0.353 e. The Morgan fingerprint density at radius 3 is 2.78 bits per heavy atom. The molecule has 0 aliphatic heterocycles. The zero-order valence-electron chi connectivity index (χ0n) is 17.9. The lowest BCUT2D eigenvalue weighted by atomic mass is 10.0. The molecule has 0 fully saturated rings. The number of H-pyrrole nitrogens is 2. The number of rotatable bonds is 4. The SMILES string of the molecule is C=c1c(-c2cc3c(-c4cccc(F)c4)cccc3[nH]2)n[nH]/c1=C/C=C(\C)c1cnn(C)c1. The highest BCUT2D eigenvalue weighted by atomic mass is 19.1. The molecule has 0 saturated heterocycles. The van der Waals surface area contributed by atoms with Crippen molar-refractivity contribution in [3.8, 4) is 22.5 Å². The number of allylic oxidation sites excluding steroid dienone is 2. The van der Waals surface area contributed by atoms with Gasteiger partial charge in [-0.1, -0.05) is 36.9 Å². The topological polar surface area (TPSA) is 62.3 Å². The van der Waals surface area contributed by atoms with Crippen molar-refractivity contribution in [1.82, 2.24) is 25.0 Å². The van der Waals surface area contributed by atoms with Gasteiger partial charge in [0.15, 0.2) is 0 Å². The summed E-state index contributed by atoms with van der Waals surface area (Å²) >= 11 is 0. The normalized spacial score (nSPS) is 12.7. The molecule has 0 saturated carbocycles. The fourth-order valence-electron chi connectivity index (χ4n) is 3.86. The largest absolute Gasteiger partial charge is 0.353 e. The molecule has 3 heterocycles. The molecule has 0 aliphatic rings. The van der Waals surface area contributed by atoms with Crippen LogP contribution in [0.1, 0.15) is 12.5 Å². The van der Waals surface area contributed by atoms with Crippen molar-refractivity contribution >= 4 is 29.1 Å². The molecule has 0 spiro atoms.